The summed E-state index contributed by atoms with van der Waals surface area (Å²) in [6.45, 7) is 1.61. The molecule has 1 aromatic carbocycles. The van der Waals surface area contributed by atoms with Gasteiger partial charge in [-0.25, -0.2) is 0 Å². The van der Waals surface area contributed by atoms with Crippen LogP contribution in [0.3, 0.4) is 0 Å². The molecule has 0 bridgehead atoms. The van der Waals surface area contributed by atoms with Crippen LogP contribution in [0, 0.1) is 0 Å². The lowest BCUT2D eigenvalue weighted by molar-refractivity contribution is 0.542. The molecule has 1 atom stereocenters. The summed E-state index contributed by atoms with van der Waals surface area (Å²) >= 11 is 5.89. The van der Waals surface area contributed by atoms with Crippen LogP contribution in [0.4, 0.5) is 0 Å². The molecule has 1 aromatic rings. The molecular formula is C15H21ClN2. The summed E-state index contributed by atoms with van der Waals surface area (Å²) in [6, 6.07) is 8.15. The van der Waals surface area contributed by atoms with Gasteiger partial charge >= 0.3 is 0 Å². The maximum absolute atomic E-state index is 5.89. The van der Waals surface area contributed by atoms with Gasteiger partial charge in [-0.1, -0.05) is 35.4 Å². The molecule has 0 aromatic heterocycles. The summed E-state index contributed by atoms with van der Waals surface area (Å²) < 4.78 is 0. The van der Waals surface area contributed by atoms with E-state index < -0.39 is 0 Å². The summed E-state index contributed by atoms with van der Waals surface area (Å²) in [5.41, 5.74) is 8.63. The molecule has 2 nitrogen and oxygen atoms in total. The van der Waals surface area contributed by atoms with Crippen molar-refractivity contribution in [2.45, 2.75) is 31.7 Å². The fourth-order valence-corrected chi connectivity index (χ4v) is 2.53. The van der Waals surface area contributed by atoms with Crippen LogP contribution in [0.25, 0.3) is 0 Å². The Labute approximate surface area is 114 Å². The minimum Gasteiger partial charge on any atom is -0.329 e. The normalized spacial score (nSPS) is 16.7. The number of nitrogens with one attached hydrogen (secondary N) is 1. The van der Waals surface area contributed by atoms with Gasteiger partial charge in [0.2, 0.25) is 0 Å². The van der Waals surface area contributed by atoms with Crippen LogP contribution in [0.1, 0.15) is 37.3 Å². The molecule has 0 heterocycles. The highest BCUT2D eigenvalue weighted by atomic mass is 35.5. The van der Waals surface area contributed by atoms with Gasteiger partial charge in [0.25, 0.3) is 0 Å². The predicted molar refractivity (Wildman–Crippen MR) is 77.8 cm³/mol. The maximum Gasteiger partial charge on any atom is 0.0444 e. The zero-order valence-corrected chi connectivity index (χ0v) is 11.4. The van der Waals surface area contributed by atoms with E-state index >= 15 is 0 Å². The Morgan fingerprint density at radius 2 is 2.06 bits per heavy atom. The first-order valence-electron chi connectivity index (χ1n) is 6.66. The molecule has 0 saturated heterocycles. The van der Waals surface area contributed by atoms with Crippen molar-refractivity contribution in [3.8, 4) is 0 Å². The molecule has 1 aliphatic carbocycles. The Balaban J connectivity index is 1.83. The van der Waals surface area contributed by atoms with E-state index in [1.54, 1.807) is 5.57 Å². The molecule has 0 fully saturated rings. The van der Waals surface area contributed by atoms with Crippen LogP contribution < -0.4 is 11.1 Å². The number of rotatable bonds is 6. The summed E-state index contributed by atoms with van der Waals surface area (Å²) in [5.74, 6) is 0. The van der Waals surface area contributed by atoms with Crippen molar-refractivity contribution >= 4 is 11.6 Å². The number of benzene rings is 1. The lowest BCUT2D eigenvalue weighted by atomic mass is 10.1. The average molecular weight is 265 g/mol. The number of allylic oxidation sites excluding steroid dienone is 1. The Hall–Kier alpha value is -0.830. The maximum atomic E-state index is 5.89. The fraction of sp³-hybridized carbons (Fsp3) is 0.467. The van der Waals surface area contributed by atoms with Crippen molar-refractivity contribution in [2.24, 2.45) is 5.73 Å². The Kier molecular flexibility index (Phi) is 5.24. The van der Waals surface area contributed by atoms with Gasteiger partial charge in [-0.15, -0.1) is 0 Å². The molecule has 98 valence electrons. The van der Waals surface area contributed by atoms with Crippen LogP contribution in [-0.4, -0.2) is 13.1 Å². The summed E-state index contributed by atoms with van der Waals surface area (Å²) in [5, 5.41) is 4.29. The summed E-state index contributed by atoms with van der Waals surface area (Å²) in [7, 11) is 0. The zero-order chi connectivity index (χ0) is 12.8. The molecule has 0 radical (unpaired) electrons. The molecule has 1 aliphatic rings. The molecular weight excluding hydrogens is 244 g/mol. The topological polar surface area (TPSA) is 38.0 Å². The highest BCUT2D eigenvalue weighted by Gasteiger charge is 2.09. The van der Waals surface area contributed by atoms with E-state index in [1.165, 1.54) is 24.8 Å². The van der Waals surface area contributed by atoms with E-state index in [9.17, 15) is 0 Å². The third-order valence-corrected chi connectivity index (χ3v) is 3.73. The van der Waals surface area contributed by atoms with E-state index in [-0.39, 0.29) is 6.04 Å². The molecule has 3 heteroatoms. The van der Waals surface area contributed by atoms with Crippen molar-refractivity contribution in [3.05, 3.63) is 46.5 Å². The first-order chi connectivity index (χ1) is 8.79. The number of hydrogen-bond donors (Lipinski definition) is 2. The van der Waals surface area contributed by atoms with Gasteiger partial charge in [-0.05, 0) is 49.9 Å². The van der Waals surface area contributed by atoms with Crippen molar-refractivity contribution in [1.82, 2.24) is 5.32 Å². The summed E-state index contributed by atoms with van der Waals surface area (Å²) in [6.07, 6.45) is 7.38. The highest BCUT2D eigenvalue weighted by molar-refractivity contribution is 6.30. The average Bonchev–Trinajstić information content (AvgIpc) is 2.89. The van der Waals surface area contributed by atoms with Gasteiger partial charge in [-0.2, -0.15) is 0 Å². The largest absolute Gasteiger partial charge is 0.329 e. The minimum absolute atomic E-state index is 0.226. The highest BCUT2D eigenvalue weighted by Crippen LogP contribution is 2.21. The van der Waals surface area contributed by atoms with Gasteiger partial charge in [0.1, 0.15) is 0 Å². The first kappa shape index (κ1) is 13.6. The van der Waals surface area contributed by atoms with Crippen LogP contribution in [0.5, 0.6) is 0 Å². The monoisotopic (exact) mass is 264 g/mol. The van der Waals surface area contributed by atoms with Crippen molar-refractivity contribution < 1.29 is 0 Å². The number of halogens is 1. The van der Waals surface area contributed by atoms with Crippen LogP contribution in [-0.2, 0) is 0 Å². The van der Waals surface area contributed by atoms with E-state index in [0.29, 0.717) is 6.54 Å². The van der Waals surface area contributed by atoms with Crippen molar-refractivity contribution in [1.29, 1.82) is 0 Å². The van der Waals surface area contributed by atoms with Gasteiger partial charge in [0.05, 0.1) is 0 Å². The van der Waals surface area contributed by atoms with Crippen molar-refractivity contribution in [2.75, 3.05) is 13.1 Å². The zero-order valence-electron chi connectivity index (χ0n) is 10.7. The van der Waals surface area contributed by atoms with Gasteiger partial charge in [-0.3, -0.25) is 0 Å². The third-order valence-electron chi connectivity index (χ3n) is 3.48. The van der Waals surface area contributed by atoms with E-state index in [4.69, 9.17) is 17.3 Å². The number of nitrogens with two attached hydrogens (primary N) is 1. The molecule has 18 heavy (non-hydrogen) atoms. The van der Waals surface area contributed by atoms with Gasteiger partial charge in [0.15, 0.2) is 0 Å². The molecule has 3 N–H and O–H groups in total. The Bertz CT molecular complexity index is 397. The molecule has 0 amide bonds. The van der Waals surface area contributed by atoms with E-state index in [1.807, 2.05) is 24.3 Å². The third kappa shape index (κ3) is 3.84. The molecule has 1 unspecified atom stereocenters. The van der Waals surface area contributed by atoms with Gasteiger partial charge < -0.3 is 11.1 Å². The number of hydrogen-bond acceptors (Lipinski definition) is 2. The second kappa shape index (κ2) is 6.93. The molecule has 0 aliphatic heterocycles. The van der Waals surface area contributed by atoms with E-state index in [0.717, 1.165) is 18.0 Å². The first-order valence-corrected chi connectivity index (χ1v) is 7.04. The SMILES string of the molecule is NCC(NCCC1=CCCC1)c1ccc(Cl)cc1. The Morgan fingerprint density at radius 1 is 1.28 bits per heavy atom. The summed E-state index contributed by atoms with van der Waals surface area (Å²) in [4.78, 5) is 0. The van der Waals surface area contributed by atoms with Crippen LogP contribution in [0.15, 0.2) is 35.9 Å². The molecule has 0 spiro atoms. The van der Waals surface area contributed by atoms with Crippen LogP contribution in [0.2, 0.25) is 5.02 Å². The quantitative estimate of drug-likeness (QED) is 0.773. The second-order valence-electron chi connectivity index (χ2n) is 4.80. The second-order valence-corrected chi connectivity index (χ2v) is 5.24. The van der Waals surface area contributed by atoms with Crippen LogP contribution >= 0.6 is 11.6 Å². The lowest BCUT2D eigenvalue weighted by Crippen LogP contribution is -2.29. The predicted octanol–water partition coefficient (Wildman–Crippen LogP) is 3.43. The van der Waals surface area contributed by atoms with Crippen molar-refractivity contribution in [3.63, 3.8) is 0 Å². The van der Waals surface area contributed by atoms with Gasteiger partial charge in [0, 0.05) is 17.6 Å². The molecule has 2 rings (SSSR count). The smallest absolute Gasteiger partial charge is 0.0444 e. The Morgan fingerprint density at radius 3 is 2.67 bits per heavy atom. The van der Waals surface area contributed by atoms with E-state index in [2.05, 4.69) is 11.4 Å². The molecule has 0 saturated carbocycles. The minimum atomic E-state index is 0.226. The lowest BCUT2D eigenvalue weighted by Gasteiger charge is -2.17. The standard InChI is InChI=1S/C15H21ClN2/c16-14-7-5-13(6-8-14)15(11-17)18-10-9-12-3-1-2-4-12/h3,5-8,15,18H,1-2,4,9-11,17H2. The fourth-order valence-electron chi connectivity index (χ4n) is 2.40.